The number of nitrogens with one attached hydrogen (secondary N) is 2. The Morgan fingerprint density at radius 1 is 1.12 bits per heavy atom. The van der Waals surface area contributed by atoms with Crippen molar-refractivity contribution in [2.45, 2.75) is 26.7 Å². The summed E-state index contributed by atoms with van der Waals surface area (Å²) in [5.41, 5.74) is 1.92. The number of rotatable bonds is 7. The first-order chi connectivity index (χ1) is 12.4. The lowest BCUT2D eigenvalue weighted by atomic mass is 10.2. The lowest BCUT2D eigenvalue weighted by molar-refractivity contribution is -0.118. The molecule has 0 bridgehead atoms. The van der Waals surface area contributed by atoms with Crippen molar-refractivity contribution < 1.29 is 14.3 Å². The molecule has 138 valence electrons. The molecule has 0 unspecified atom stereocenters. The molecule has 0 spiro atoms. The summed E-state index contributed by atoms with van der Waals surface area (Å²) in [5, 5.41) is 5.85. The molecule has 0 saturated carbocycles. The number of ether oxygens (including phenoxy) is 1. The highest BCUT2D eigenvalue weighted by atomic mass is 79.9. The van der Waals surface area contributed by atoms with Gasteiger partial charge in [0.15, 0.2) is 6.61 Å². The smallest absolute Gasteiger partial charge is 0.262 e. The Balaban J connectivity index is 1.98. The largest absolute Gasteiger partial charge is 0.483 e. The van der Waals surface area contributed by atoms with E-state index in [1.54, 1.807) is 24.3 Å². The second-order valence-corrected chi connectivity index (χ2v) is 7.06. The Hall–Kier alpha value is -2.05. The molecule has 2 aromatic carbocycles. The number of carbonyl (C=O) groups is 2. The van der Waals surface area contributed by atoms with Crippen LogP contribution in [0.2, 0.25) is 5.02 Å². The van der Waals surface area contributed by atoms with Crippen LogP contribution in [0.3, 0.4) is 0 Å². The van der Waals surface area contributed by atoms with E-state index < -0.39 is 0 Å². The summed E-state index contributed by atoms with van der Waals surface area (Å²) in [5.74, 6) is 0.211. The maximum atomic E-state index is 12.2. The van der Waals surface area contributed by atoms with Crippen LogP contribution < -0.4 is 15.4 Å². The topological polar surface area (TPSA) is 67.4 Å². The zero-order valence-electron chi connectivity index (χ0n) is 14.6. The van der Waals surface area contributed by atoms with Crippen LogP contribution in [0.15, 0.2) is 40.9 Å². The number of aryl methyl sites for hydroxylation is 1. The lowest BCUT2D eigenvalue weighted by Crippen LogP contribution is -2.21. The predicted molar refractivity (Wildman–Crippen MR) is 108 cm³/mol. The van der Waals surface area contributed by atoms with Gasteiger partial charge in [-0.25, -0.2) is 0 Å². The number of hydrogen-bond acceptors (Lipinski definition) is 3. The van der Waals surface area contributed by atoms with Crippen molar-refractivity contribution in [1.29, 1.82) is 0 Å². The second-order valence-electron chi connectivity index (χ2n) is 5.74. The minimum Gasteiger partial charge on any atom is -0.483 e. The van der Waals surface area contributed by atoms with E-state index in [0.29, 0.717) is 28.6 Å². The lowest BCUT2D eigenvalue weighted by Gasteiger charge is -2.12. The molecule has 7 heteroatoms. The van der Waals surface area contributed by atoms with Gasteiger partial charge >= 0.3 is 0 Å². The van der Waals surface area contributed by atoms with Crippen molar-refractivity contribution in [3.05, 3.63) is 51.5 Å². The quantitative estimate of drug-likeness (QED) is 0.625. The van der Waals surface area contributed by atoms with Gasteiger partial charge in [0, 0.05) is 16.6 Å². The van der Waals surface area contributed by atoms with E-state index in [9.17, 15) is 9.59 Å². The van der Waals surface area contributed by atoms with Crippen molar-refractivity contribution >= 4 is 50.7 Å². The normalized spacial score (nSPS) is 10.3. The number of benzene rings is 2. The molecule has 2 rings (SSSR count). The Bertz CT molecular complexity index is 811. The molecule has 2 amide bonds. The summed E-state index contributed by atoms with van der Waals surface area (Å²) in [6.07, 6.45) is 1.19. The van der Waals surface area contributed by atoms with E-state index in [4.69, 9.17) is 16.3 Å². The van der Waals surface area contributed by atoms with Gasteiger partial charge < -0.3 is 15.4 Å². The van der Waals surface area contributed by atoms with Crippen molar-refractivity contribution in [3.8, 4) is 5.75 Å². The monoisotopic (exact) mass is 438 g/mol. The van der Waals surface area contributed by atoms with Gasteiger partial charge in [0.2, 0.25) is 5.91 Å². The summed E-state index contributed by atoms with van der Waals surface area (Å²) in [6, 6.07) is 10.5. The summed E-state index contributed by atoms with van der Waals surface area (Å²) < 4.78 is 6.49. The summed E-state index contributed by atoms with van der Waals surface area (Å²) in [6.45, 7) is 3.68. The van der Waals surface area contributed by atoms with Crippen LogP contribution in [0, 0.1) is 6.92 Å². The van der Waals surface area contributed by atoms with Crippen LogP contribution in [-0.2, 0) is 9.59 Å². The Kier molecular flexibility index (Phi) is 7.48. The van der Waals surface area contributed by atoms with E-state index in [1.807, 2.05) is 26.0 Å². The summed E-state index contributed by atoms with van der Waals surface area (Å²) >= 11 is 9.51. The molecule has 0 atom stereocenters. The average Bonchev–Trinajstić information content (AvgIpc) is 2.57. The fourth-order valence-corrected chi connectivity index (χ4v) is 2.89. The van der Waals surface area contributed by atoms with Gasteiger partial charge in [-0.05, 0) is 55.3 Å². The Morgan fingerprint density at radius 3 is 2.58 bits per heavy atom. The average molecular weight is 440 g/mol. The third-order valence-corrected chi connectivity index (χ3v) is 4.32. The minimum absolute atomic E-state index is 0.0823. The maximum absolute atomic E-state index is 12.2. The molecule has 0 heterocycles. The van der Waals surface area contributed by atoms with E-state index in [2.05, 4.69) is 26.6 Å². The molecule has 0 aromatic heterocycles. The highest BCUT2D eigenvalue weighted by Crippen LogP contribution is 2.26. The molecule has 2 N–H and O–H groups in total. The van der Waals surface area contributed by atoms with Crippen LogP contribution in [0.5, 0.6) is 5.75 Å². The van der Waals surface area contributed by atoms with Crippen molar-refractivity contribution in [1.82, 2.24) is 0 Å². The second kappa shape index (κ2) is 9.59. The zero-order valence-corrected chi connectivity index (χ0v) is 16.9. The van der Waals surface area contributed by atoms with Crippen LogP contribution >= 0.6 is 27.5 Å². The first kappa shape index (κ1) is 20.3. The third-order valence-electron chi connectivity index (χ3n) is 3.50. The van der Waals surface area contributed by atoms with Gasteiger partial charge in [-0.1, -0.05) is 34.5 Å². The van der Waals surface area contributed by atoms with Crippen LogP contribution in [0.25, 0.3) is 0 Å². The van der Waals surface area contributed by atoms with Crippen molar-refractivity contribution in [2.75, 3.05) is 17.2 Å². The molecule has 26 heavy (non-hydrogen) atoms. The van der Waals surface area contributed by atoms with Crippen LogP contribution in [0.1, 0.15) is 25.3 Å². The van der Waals surface area contributed by atoms with Crippen LogP contribution in [-0.4, -0.2) is 18.4 Å². The summed E-state index contributed by atoms with van der Waals surface area (Å²) in [7, 11) is 0. The third kappa shape index (κ3) is 6.04. The predicted octanol–water partition coefficient (Wildman–Crippen LogP) is 5.17. The minimum atomic E-state index is -0.341. The first-order valence-electron chi connectivity index (χ1n) is 8.17. The Labute approximate surface area is 166 Å². The van der Waals surface area contributed by atoms with Crippen LogP contribution in [0.4, 0.5) is 11.4 Å². The highest BCUT2D eigenvalue weighted by Gasteiger charge is 2.10. The van der Waals surface area contributed by atoms with Gasteiger partial charge in [-0.3, -0.25) is 9.59 Å². The molecule has 2 aromatic rings. The number of anilines is 2. The maximum Gasteiger partial charge on any atom is 0.262 e. The highest BCUT2D eigenvalue weighted by molar-refractivity contribution is 9.10. The van der Waals surface area contributed by atoms with E-state index in [-0.39, 0.29) is 18.4 Å². The van der Waals surface area contributed by atoms with Gasteiger partial charge in [0.05, 0.1) is 10.7 Å². The molecule has 0 aliphatic heterocycles. The van der Waals surface area contributed by atoms with Gasteiger partial charge in [0.1, 0.15) is 5.75 Å². The van der Waals surface area contributed by atoms with Gasteiger partial charge in [-0.2, -0.15) is 0 Å². The molecule has 0 aliphatic rings. The van der Waals surface area contributed by atoms with Gasteiger partial charge in [0.25, 0.3) is 5.91 Å². The van der Waals surface area contributed by atoms with Gasteiger partial charge in [-0.15, -0.1) is 0 Å². The molecular formula is C19H20BrClN2O3. The molecular weight excluding hydrogens is 420 g/mol. The molecule has 0 aliphatic carbocycles. The molecule has 0 fully saturated rings. The fraction of sp³-hybridized carbons (Fsp3) is 0.263. The fourth-order valence-electron chi connectivity index (χ4n) is 2.25. The van der Waals surface area contributed by atoms with E-state index in [1.165, 1.54) is 0 Å². The number of amides is 2. The van der Waals surface area contributed by atoms with Crippen molar-refractivity contribution in [2.24, 2.45) is 0 Å². The summed E-state index contributed by atoms with van der Waals surface area (Å²) in [4.78, 5) is 23.9. The molecule has 0 radical (unpaired) electrons. The molecule has 5 nitrogen and oxygen atoms in total. The van der Waals surface area contributed by atoms with E-state index in [0.717, 1.165) is 16.5 Å². The SMILES string of the molecule is CCCC(=O)Nc1ccc(Cl)c(NC(=O)COc2ccc(Br)cc2C)c1. The molecule has 0 saturated heterocycles. The Morgan fingerprint density at radius 2 is 1.88 bits per heavy atom. The number of carbonyl (C=O) groups excluding carboxylic acids is 2. The van der Waals surface area contributed by atoms with Crippen molar-refractivity contribution in [3.63, 3.8) is 0 Å². The number of hydrogen-bond donors (Lipinski definition) is 2. The number of halogens is 2. The zero-order chi connectivity index (χ0) is 19.1. The standard InChI is InChI=1S/C19H20BrClN2O3/c1-3-4-18(24)22-14-6-7-15(21)16(10-14)23-19(25)11-26-17-8-5-13(20)9-12(17)2/h5-10H,3-4,11H2,1-2H3,(H,22,24)(H,23,25). The van der Waals surface area contributed by atoms with E-state index >= 15 is 0 Å². The first-order valence-corrected chi connectivity index (χ1v) is 9.34.